The summed E-state index contributed by atoms with van der Waals surface area (Å²) in [5.41, 5.74) is 5.17. The SMILES string of the molecule is COc1ccc(-c2nc(C(=O)N3CCC[C@@H]3CF)c([C@@H](C)N)o2)c2ccc(C(F)(F)F)nc12. The highest BCUT2D eigenvalue weighted by Crippen LogP contribution is 2.37. The minimum atomic E-state index is -4.64. The molecule has 0 saturated carbocycles. The first-order valence-electron chi connectivity index (χ1n) is 10.3. The number of benzene rings is 1. The molecule has 2 N–H and O–H groups in total. The number of nitrogens with two attached hydrogens (primary N) is 1. The van der Waals surface area contributed by atoms with Gasteiger partial charge in [-0.15, -0.1) is 0 Å². The molecular weight excluding hydrogens is 444 g/mol. The minimum Gasteiger partial charge on any atom is -0.494 e. The lowest BCUT2D eigenvalue weighted by molar-refractivity contribution is -0.140. The van der Waals surface area contributed by atoms with Crippen LogP contribution in [0, 0.1) is 0 Å². The molecule has 0 aliphatic carbocycles. The summed E-state index contributed by atoms with van der Waals surface area (Å²) in [6, 6.07) is 3.87. The van der Waals surface area contributed by atoms with Crippen LogP contribution >= 0.6 is 0 Å². The van der Waals surface area contributed by atoms with Gasteiger partial charge in [0.2, 0.25) is 5.89 Å². The summed E-state index contributed by atoms with van der Waals surface area (Å²) >= 11 is 0. The third kappa shape index (κ3) is 4.12. The van der Waals surface area contributed by atoms with Crippen LogP contribution in [-0.2, 0) is 6.18 Å². The van der Waals surface area contributed by atoms with Gasteiger partial charge in [-0.2, -0.15) is 13.2 Å². The van der Waals surface area contributed by atoms with Gasteiger partial charge in [0, 0.05) is 17.5 Å². The molecule has 1 amide bonds. The number of fused-ring (bicyclic) bond motifs is 1. The van der Waals surface area contributed by atoms with Crippen molar-refractivity contribution in [1.29, 1.82) is 0 Å². The molecule has 1 saturated heterocycles. The molecule has 0 spiro atoms. The first-order chi connectivity index (χ1) is 15.7. The molecule has 11 heteroatoms. The maximum Gasteiger partial charge on any atom is 0.433 e. The number of hydrogen-bond donors (Lipinski definition) is 1. The van der Waals surface area contributed by atoms with Crippen LogP contribution in [-0.4, -0.2) is 47.1 Å². The predicted octanol–water partition coefficient (Wildman–Crippen LogP) is 4.51. The Hall–Kier alpha value is -3.21. The number of carbonyl (C=O) groups excluding carboxylic acids is 1. The van der Waals surface area contributed by atoms with Crippen molar-refractivity contribution in [3.8, 4) is 17.2 Å². The summed E-state index contributed by atoms with van der Waals surface area (Å²) in [7, 11) is 1.32. The van der Waals surface area contributed by atoms with E-state index in [2.05, 4.69) is 9.97 Å². The number of hydrogen-bond acceptors (Lipinski definition) is 6. The quantitative estimate of drug-likeness (QED) is 0.556. The van der Waals surface area contributed by atoms with E-state index in [9.17, 15) is 22.4 Å². The molecule has 2 aromatic heterocycles. The number of alkyl halides is 4. The van der Waals surface area contributed by atoms with Crippen molar-refractivity contribution in [3.05, 3.63) is 41.4 Å². The van der Waals surface area contributed by atoms with Crippen LogP contribution in [0.4, 0.5) is 17.6 Å². The Bertz CT molecular complexity index is 1190. The summed E-state index contributed by atoms with van der Waals surface area (Å²) in [5, 5.41) is 0.293. The van der Waals surface area contributed by atoms with Gasteiger partial charge in [0.1, 0.15) is 23.6 Å². The van der Waals surface area contributed by atoms with Crippen molar-refractivity contribution in [1.82, 2.24) is 14.9 Å². The Kier molecular flexibility index (Phi) is 6.00. The van der Waals surface area contributed by atoms with E-state index in [1.165, 1.54) is 24.1 Å². The lowest BCUT2D eigenvalue weighted by atomic mass is 10.1. The van der Waals surface area contributed by atoms with Gasteiger partial charge in [0.05, 0.1) is 19.2 Å². The minimum absolute atomic E-state index is 0.00384. The number of carbonyl (C=O) groups is 1. The van der Waals surface area contributed by atoms with Crippen molar-refractivity contribution in [2.75, 3.05) is 20.3 Å². The summed E-state index contributed by atoms with van der Waals surface area (Å²) in [4.78, 5) is 22.6. The van der Waals surface area contributed by atoms with E-state index in [-0.39, 0.29) is 28.6 Å². The highest BCUT2D eigenvalue weighted by Gasteiger charge is 2.35. The van der Waals surface area contributed by atoms with Crippen LogP contribution in [0.3, 0.4) is 0 Å². The van der Waals surface area contributed by atoms with E-state index in [0.29, 0.717) is 30.3 Å². The predicted molar refractivity (Wildman–Crippen MR) is 111 cm³/mol. The molecule has 0 unspecified atom stereocenters. The Morgan fingerprint density at radius 1 is 1.30 bits per heavy atom. The second-order valence-electron chi connectivity index (χ2n) is 7.88. The second-order valence-corrected chi connectivity index (χ2v) is 7.88. The van der Waals surface area contributed by atoms with E-state index < -0.39 is 36.5 Å². The Morgan fingerprint density at radius 3 is 2.70 bits per heavy atom. The van der Waals surface area contributed by atoms with Gasteiger partial charge in [0.15, 0.2) is 11.5 Å². The van der Waals surface area contributed by atoms with E-state index in [4.69, 9.17) is 14.9 Å². The first-order valence-corrected chi connectivity index (χ1v) is 10.3. The van der Waals surface area contributed by atoms with Gasteiger partial charge >= 0.3 is 6.18 Å². The molecule has 1 aliphatic rings. The summed E-state index contributed by atoms with van der Waals surface area (Å²) in [6.07, 6.45) is -3.41. The largest absolute Gasteiger partial charge is 0.494 e. The van der Waals surface area contributed by atoms with E-state index in [1.54, 1.807) is 13.0 Å². The van der Waals surface area contributed by atoms with Crippen molar-refractivity contribution in [2.24, 2.45) is 5.73 Å². The smallest absolute Gasteiger partial charge is 0.433 e. The Morgan fingerprint density at radius 2 is 2.06 bits per heavy atom. The van der Waals surface area contributed by atoms with Gasteiger partial charge in [-0.05, 0) is 44.0 Å². The van der Waals surface area contributed by atoms with Gasteiger partial charge in [0.25, 0.3) is 5.91 Å². The number of oxazole rings is 1. The molecule has 1 aromatic carbocycles. The van der Waals surface area contributed by atoms with Crippen LogP contribution in [0.25, 0.3) is 22.4 Å². The molecule has 0 bridgehead atoms. The van der Waals surface area contributed by atoms with E-state index in [1.807, 2.05) is 0 Å². The third-order valence-electron chi connectivity index (χ3n) is 5.65. The third-order valence-corrected chi connectivity index (χ3v) is 5.65. The topological polar surface area (TPSA) is 94.5 Å². The molecule has 1 aliphatic heterocycles. The lowest BCUT2D eigenvalue weighted by Crippen LogP contribution is -2.37. The Labute approximate surface area is 186 Å². The molecule has 7 nitrogen and oxygen atoms in total. The normalized spacial score (nSPS) is 17.5. The number of nitrogens with zero attached hydrogens (tertiary/aromatic N) is 3. The van der Waals surface area contributed by atoms with E-state index >= 15 is 0 Å². The number of pyridine rings is 1. The molecule has 2 atom stereocenters. The second kappa shape index (κ2) is 8.62. The maximum absolute atomic E-state index is 13.4. The molecule has 176 valence electrons. The van der Waals surface area contributed by atoms with Gasteiger partial charge in [-0.25, -0.2) is 14.4 Å². The van der Waals surface area contributed by atoms with Crippen LogP contribution in [0.2, 0.25) is 0 Å². The number of amides is 1. The first kappa shape index (κ1) is 23.0. The molecule has 33 heavy (non-hydrogen) atoms. The van der Waals surface area contributed by atoms with Gasteiger partial charge in [-0.3, -0.25) is 4.79 Å². The zero-order valence-electron chi connectivity index (χ0n) is 17.9. The number of methoxy groups -OCH3 is 1. The van der Waals surface area contributed by atoms with Crippen LogP contribution in [0.15, 0.2) is 28.7 Å². The fourth-order valence-electron chi connectivity index (χ4n) is 4.01. The number of aromatic nitrogens is 2. The summed E-state index contributed by atoms with van der Waals surface area (Å²) < 4.78 is 64.0. The zero-order valence-corrected chi connectivity index (χ0v) is 17.9. The van der Waals surface area contributed by atoms with Crippen molar-refractivity contribution in [3.63, 3.8) is 0 Å². The highest BCUT2D eigenvalue weighted by molar-refractivity contribution is 5.98. The summed E-state index contributed by atoms with van der Waals surface area (Å²) in [6.45, 7) is 1.34. The average molecular weight is 466 g/mol. The number of ether oxygens (including phenoxy) is 1. The monoisotopic (exact) mass is 466 g/mol. The standard InChI is InChI=1S/C22H22F4N4O3/c1-11(27)19-18(21(31)30-9-3-4-12(30)10-23)29-20(33-19)14-5-7-15(32-2)17-13(14)6-8-16(28-17)22(24,25)26/h5-8,11-12H,3-4,9-10,27H2,1-2H3/t11-,12-/m1/s1. The van der Waals surface area contributed by atoms with Crippen LogP contribution in [0.5, 0.6) is 5.75 Å². The molecule has 1 fully saturated rings. The Balaban J connectivity index is 1.85. The van der Waals surface area contributed by atoms with Crippen molar-refractivity contribution >= 4 is 16.8 Å². The molecule has 0 radical (unpaired) electrons. The number of halogens is 4. The number of likely N-dealkylation sites (tertiary alicyclic amines) is 1. The van der Waals surface area contributed by atoms with Gasteiger partial charge < -0.3 is 19.8 Å². The lowest BCUT2D eigenvalue weighted by Gasteiger charge is -2.21. The molecule has 4 rings (SSSR count). The zero-order chi connectivity index (χ0) is 23.9. The molecule has 3 aromatic rings. The van der Waals surface area contributed by atoms with Crippen molar-refractivity contribution < 1.29 is 31.5 Å². The highest BCUT2D eigenvalue weighted by atomic mass is 19.4. The maximum atomic E-state index is 13.4. The summed E-state index contributed by atoms with van der Waals surface area (Å²) in [5.74, 6) is -0.245. The molecule has 3 heterocycles. The van der Waals surface area contributed by atoms with Gasteiger partial charge in [-0.1, -0.05) is 0 Å². The van der Waals surface area contributed by atoms with Crippen molar-refractivity contribution in [2.45, 2.75) is 38.0 Å². The number of rotatable bonds is 5. The van der Waals surface area contributed by atoms with Crippen LogP contribution in [0.1, 0.15) is 47.7 Å². The fraction of sp³-hybridized carbons (Fsp3) is 0.409. The fourth-order valence-corrected chi connectivity index (χ4v) is 4.01. The average Bonchev–Trinajstić information content (AvgIpc) is 3.44. The van der Waals surface area contributed by atoms with E-state index in [0.717, 1.165) is 6.07 Å². The van der Waals surface area contributed by atoms with Crippen LogP contribution < -0.4 is 10.5 Å². The molecular formula is C22H22F4N4O3.